The Kier molecular flexibility index (Phi) is 12.1. The summed E-state index contributed by atoms with van der Waals surface area (Å²) in [6.45, 7) is 0.165. The molecule has 170 valence electrons. The van der Waals surface area contributed by atoms with Crippen LogP contribution in [0.5, 0.6) is 0 Å². The molecule has 0 spiro atoms. The number of primary amides is 2. The van der Waals surface area contributed by atoms with E-state index in [9.17, 15) is 29.1 Å². The van der Waals surface area contributed by atoms with Gasteiger partial charge in [0.15, 0.2) is 5.96 Å². The highest BCUT2D eigenvalue weighted by atomic mass is 16.4. The molecule has 14 heteroatoms. The predicted molar refractivity (Wildman–Crippen MR) is 106 cm³/mol. The van der Waals surface area contributed by atoms with Gasteiger partial charge in [0.25, 0.3) is 0 Å². The van der Waals surface area contributed by atoms with Crippen molar-refractivity contribution in [2.75, 3.05) is 6.54 Å². The van der Waals surface area contributed by atoms with Crippen LogP contribution in [-0.4, -0.2) is 65.3 Å². The number of carboxylic acids is 1. The summed E-state index contributed by atoms with van der Waals surface area (Å²) in [6, 6.07) is -3.66. The molecule has 0 rings (SSSR count). The number of nitrogens with zero attached hydrogens (tertiary/aromatic N) is 1. The lowest BCUT2D eigenvalue weighted by atomic mass is 10.1. The van der Waals surface area contributed by atoms with Crippen molar-refractivity contribution in [2.45, 2.75) is 56.7 Å². The largest absolute Gasteiger partial charge is 0.480 e. The first-order valence-corrected chi connectivity index (χ1v) is 9.15. The molecule has 3 atom stereocenters. The first-order chi connectivity index (χ1) is 13.9. The van der Waals surface area contributed by atoms with Gasteiger partial charge in [-0.1, -0.05) is 0 Å². The van der Waals surface area contributed by atoms with Crippen molar-refractivity contribution in [1.82, 2.24) is 10.6 Å². The maximum absolute atomic E-state index is 12.5. The zero-order valence-corrected chi connectivity index (χ0v) is 16.5. The monoisotopic (exact) mass is 430 g/mol. The lowest BCUT2D eigenvalue weighted by Crippen LogP contribution is -2.54. The molecule has 0 aliphatic rings. The van der Waals surface area contributed by atoms with Crippen molar-refractivity contribution in [2.24, 2.45) is 33.7 Å². The van der Waals surface area contributed by atoms with Crippen LogP contribution < -0.4 is 39.3 Å². The normalized spacial score (nSPS) is 13.4. The number of carbonyl (C=O) groups is 5. The summed E-state index contributed by atoms with van der Waals surface area (Å²) in [6.07, 6.45) is -0.303. The van der Waals surface area contributed by atoms with Crippen molar-refractivity contribution >= 4 is 35.6 Å². The lowest BCUT2D eigenvalue weighted by molar-refractivity contribution is -0.142. The van der Waals surface area contributed by atoms with Crippen molar-refractivity contribution in [3.8, 4) is 0 Å². The molecule has 0 radical (unpaired) electrons. The van der Waals surface area contributed by atoms with Crippen LogP contribution in [0.3, 0.4) is 0 Å². The van der Waals surface area contributed by atoms with Gasteiger partial charge < -0.3 is 44.4 Å². The van der Waals surface area contributed by atoms with Crippen molar-refractivity contribution in [3.05, 3.63) is 0 Å². The van der Waals surface area contributed by atoms with E-state index in [2.05, 4.69) is 15.6 Å². The van der Waals surface area contributed by atoms with Crippen LogP contribution in [0.25, 0.3) is 0 Å². The van der Waals surface area contributed by atoms with Gasteiger partial charge in [0.05, 0.1) is 6.04 Å². The van der Waals surface area contributed by atoms with Crippen LogP contribution in [0.2, 0.25) is 0 Å². The Morgan fingerprint density at radius 1 is 0.800 bits per heavy atom. The number of nitrogens with two attached hydrogens (primary N) is 5. The van der Waals surface area contributed by atoms with Crippen molar-refractivity contribution < 1.29 is 29.1 Å². The first kappa shape index (κ1) is 26.6. The van der Waals surface area contributed by atoms with Gasteiger partial charge in [0.1, 0.15) is 12.1 Å². The molecule has 0 aromatic carbocycles. The number of rotatable bonds is 15. The van der Waals surface area contributed by atoms with E-state index in [1.807, 2.05) is 0 Å². The van der Waals surface area contributed by atoms with Gasteiger partial charge >= 0.3 is 5.97 Å². The molecule has 30 heavy (non-hydrogen) atoms. The number of guanidine groups is 1. The summed E-state index contributed by atoms with van der Waals surface area (Å²) < 4.78 is 0. The fraction of sp³-hybridized carbons (Fsp3) is 0.625. The second kappa shape index (κ2) is 13.7. The van der Waals surface area contributed by atoms with E-state index in [0.29, 0.717) is 0 Å². The zero-order chi connectivity index (χ0) is 23.3. The molecule has 14 nitrogen and oxygen atoms in total. The van der Waals surface area contributed by atoms with E-state index in [0.717, 1.165) is 0 Å². The van der Waals surface area contributed by atoms with Gasteiger partial charge in [-0.15, -0.1) is 0 Å². The number of aliphatic carboxylic acids is 1. The Hall–Kier alpha value is -3.42. The number of hydrogen-bond acceptors (Lipinski definition) is 7. The molecule has 0 aliphatic heterocycles. The average molecular weight is 430 g/mol. The Morgan fingerprint density at radius 2 is 1.33 bits per heavy atom. The summed E-state index contributed by atoms with van der Waals surface area (Å²) in [5, 5.41) is 13.9. The van der Waals surface area contributed by atoms with Crippen LogP contribution >= 0.6 is 0 Å². The maximum atomic E-state index is 12.5. The Morgan fingerprint density at radius 3 is 1.83 bits per heavy atom. The molecule has 0 fully saturated rings. The molecule has 0 bridgehead atoms. The summed E-state index contributed by atoms with van der Waals surface area (Å²) in [4.78, 5) is 61.7. The molecule has 0 saturated heterocycles. The molecule has 0 aromatic heterocycles. The van der Waals surface area contributed by atoms with Gasteiger partial charge in [0.2, 0.25) is 23.6 Å². The van der Waals surface area contributed by atoms with Crippen LogP contribution in [0.15, 0.2) is 4.99 Å². The number of carbonyl (C=O) groups excluding carboxylic acids is 4. The molecule has 3 unspecified atom stereocenters. The number of aliphatic imine (C=N–C) groups is 1. The third kappa shape index (κ3) is 12.1. The number of amides is 4. The molecular weight excluding hydrogens is 400 g/mol. The second-order valence-corrected chi connectivity index (χ2v) is 6.53. The third-order valence-electron chi connectivity index (χ3n) is 3.91. The quantitative estimate of drug-likeness (QED) is 0.0711. The molecular formula is C16H30N8O6. The van der Waals surface area contributed by atoms with Gasteiger partial charge in [-0.05, 0) is 25.7 Å². The van der Waals surface area contributed by atoms with E-state index in [1.165, 1.54) is 0 Å². The van der Waals surface area contributed by atoms with E-state index in [-0.39, 0.29) is 51.0 Å². The second-order valence-electron chi connectivity index (χ2n) is 6.53. The standard InChI is InChI=1S/C16H30N8O6/c17-8(3-5-11(18)25)13(27)23-9(4-6-12(19)26)14(28)24-10(15(29)30)2-1-7-22-16(20)21/h8-10H,1-7,17H2,(H2,18,25)(H2,19,26)(H,23,27)(H,24,28)(H,29,30)(H4,20,21,22). The Balaban J connectivity index is 5.05. The minimum absolute atomic E-state index is 0.0203. The van der Waals surface area contributed by atoms with Crippen LogP contribution in [0.4, 0.5) is 0 Å². The SMILES string of the molecule is NC(=O)CCC(N)C(=O)NC(CCC(N)=O)C(=O)NC(CCCN=C(N)N)C(=O)O. The molecule has 0 saturated carbocycles. The third-order valence-corrected chi connectivity index (χ3v) is 3.91. The smallest absolute Gasteiger partial charge is 0.326 e. The van der Waals surface area contributed by atoms with Gasteiger partial charge in [-0.25, -0.2) is 4.79 Å². The van der Waals surface area contributed by atoms with Gasteiger partial charge in [-0.2, -0.15) is 0 Å². The maximum Gasteiger partial charge on any atom is 0.326 e. The fourth-order valence-corrected chi connectivity index (χ4v) is 2.30. The van der Waals surface area contributed by atoms with E-state index >= 15 is 0 Å². The first-order valence-electron chi connectivity index (χ1n) is 9.15. The van der Waals surface area contributed by atoms with Crippen LogP contribution in [-0.2, 0) is 24.0 Å². The minimum Gasteiger partial charge on any atom is -0.480 e. The summed E-state index contributed by atoms with van der Waals surface area (Å²) >= 11 is 0. The minimum atomic E-state index is -1.30. The Labute approximate surface area is 173 Å². The average Bonchev–Trinajstić information content (AvgIpc) is 2.64. The van der Waals surface area contributed by atoms with Crippen LogP contribution in [0.1, 0.15) is 38.5 Å². The predicted octanol–water partition coefficient (Wildman–Crippen LogP) is -4.05. The summed E-state index contributed by atoms with van der Waals surface area (Å²) in [5.74, 6) is -4.40. The Bertz CT molecular complexity index is 664. The van der Waals surface area contributed by atoms with E-state index < -0.39 is 47.7 Å². The van der Waals surface area contributed by atoms with E-state index in [4.69, 9.17) is 28.7 Å². The summed E-state index contributed by atoms with van der Waals surface area (Å²) in [7, 11) is 0. The zero-order valence-electron chi connectivity index (χ0n) is 16.5. The fourth-order valence-electron chi connectivity index (χ4n) is 2.30. The molecule has 0 aliphatic carbocycles. The lowest BCUT2D eigenvalue weighted by Gasteiger charge is -2.22. The van der Waals surface area contributed by atoms with Crippen molar-refractivity contribution in [1.29, 1.82) is 0 Å². The van der Waals surface area contributed by atoms with Crippen molar-refractivity contribution in [3.63, 3.8) is 0 Å². The topological polar surface area (TPSA) is 272 Å². The number of hydrogen-bond donors (Lipinski definition) is 8. The number of carboxylic acid groups (broad SMARTS) is 1. The molecule has 4 amide bonds. The molecule has 0 aromatic rings. The molecule has 13 N–H and O–H groups in total. The highest BCUT2D eigenvalue weighted by Gasteiger charge is 2.28. The van der Waals surface area contributed by atoms with Gasteiger partial charge in [-0.3, -0.25) is 24.2 Å². The van der Waals surface area contributed by atoms with E-state index in [1.54, 1.807) is 0 Å². The highest BCUT2D eigenvalue weighted by Crippen LogP contribution is 2.04. The summed E-state index contributed by atoms with van der Waals surface area (Å²) in [5.41, 5.74) is 26.1. The number of nitrogens with one attached hydrogen (secondary N) is 2. The molecule has 0 heterocycles. The highest BCUT2D eigenvalue weighted by molar-refractivity contribution is 5.92. The van der Waals surface area contributed by atoms with Crippen LogP contribution in [0, 0.1) is 0 Å². The van der Waals surface area contributed by atoms with Gasteiger partial charge in [0, 0.05) is 19.4 Å².